The molecule has 4 saturated heterocycles. The van der Waals surface area contributed by atoms with Crippen LogP contribution >= 0.6 is 0 Å². The van der Waals surface area contributed by atoms with E-state index in [-0.39, 0.29) is 62.9 Å². The van der Waals surface area contributed by atoms with Crippen molar-refractivity contribution in [3.63, 3.8) is 0 Å². The molecule has 8 heterocycles. The second-order valence-corrected chi connectivity index (χ2v) is 36.0. The lowest BCUT2D eigenvalue weighted by Gasteiger charge is -2.37. The first-order valence-electron chi connectivity index (χ1n) is 45.5. The fourth-order valence-electron chi connectivity index (χ4n) is 22.2. The Morgan fingerprint density at radius 3 is 0.955 bits per heavy atom. The lowest BCUT2D eigenvalue weighted by atomic mass is 9.80. The van der Waals surface area contributed by atoms with E-state index in [4.69, 9.17) is 0 Å². The van der Waals surface area contributed by atoms with Crippen LogP contribution in [0.3, 0.4) is 0 Å². The van der Waals surface area contributed by atoms with Crippen LogP contribution in [0.1, 0.15) is 218 Å². The standard InChI is InChI=1S/C101H90N12O20/c114-74(33-34-75(115)103-67(30-35-76(116)117)91(122)104-68(31-36-77(118)119)92(123)105-69(101(132)133)32-37-78(120)121)102-50-14-16-52(17-15-50)111-94(125)60-27-23-56-86-73(109-44-10-11-45-109)49-66-82-62(29-25-58(90(82)86)85-71(107-40-6-7-41-107)47-64(98(111)129)80(60)88(56)85)96(127)113(100(66)131)54-20-18-53(19-21-54)112-95(126)61-28-24-57-83-70(106-38-4-5-39-106)46-63-79-59(93(124)110(97(63)128)51-12-2-1-3-13-51)26-22-55(87(79)83)84-72(108-42-8-9-43-108)48-65(99(112)130)81(61)89(57)84/h14-29,46-49,51,67-69H,1-13,30-45H2,(H,102,114)(H,103,115)(H,104,122)(H,105,123)(H,116,117)(H,118,119)(H,120,121)(H,132,133)/p-4/t67-,68-,69-/m0/s1. The van der Waals surface area contributed by atoms with E-state index in [1.54, 1.807) is 42.5 Å². The van der Waals surface area contributed by atoms with Crippen LogP contribution in [0.2, 0.25) is 0 Å². The molecule has 8 aliphatic heterocycles. The van der Waals surface area contributed by atoms with Gasteiger partial charge >= 0.3 is 5.97 Å². The summed E-state index contributed by atoms with van der Waals surface area (Å²) >= 11 is 0. The maximum atomic E-state index is 16.0. The third kappa shape index (κ3) is 13.9. The van der Waals surface area contributed by atoms with Crippen molar-refractivity contribution in [3.05, 3.63) is 166 Å². The van der Waals surface area contributed by atoms with Crippen molar-refractivity contribution < 1.29 is 98.1 Å². The highest BCUT2D eigenvalue weighted by atomic mass is 16.4. The predicted molar refractivity (Wildman–Crippen MR) is 492 cm³/mol. The highest BCUT2D eigenvalue weighted by Crippen LogP contribution is 2.57. The van der Waals surface area contributed by atoms with Gasteiger partial charge in [0.15, 0.2) is 6.04 Å². The van der Waals surface area contributed by atoms with Gasteiger partial charge in [-0.15, -0.1) is 0 Å². The maximum absolute atomic E-state index is 16.0. The summed E-state index contributed by atoms with van der Waals surface area (Å²) < 4.78 is 0. The molecule has 674 valence electrons. The number of fused-ring (bicyclic) bond motifs is 4. The van der Waals surface area contributed by atoms with Gasteiger partial charge in [-0.1, -0.05) is 43.5 Å². The van der Waals surface area contributed by atoms with Gasteiger partial charge in [-0.3, -0.25) is 53.0 Å². The highest BCUT2D eigenvalue weighted by molar-refractivity contribution is 6.50. The Kier molecular flexibility index (Phi) is 21.0. The van der Waals surface area contributed by atoms with Gasteiger partial charge < -0.3 is 75.0 Å². The number of carbonyl (C=O) groups excluding carboxylic acids is 12. The van der Waals surface area contributed by atoms with Gasteiger partial charge in [0.1, 0.15) is 12.1 Å². The van der Waals surface area contributed by atoms with Gasteiger partial charge in [0.25, 0.3) is 47.3 Å². The number of nitrogens with one attached hydrogen (secondary N) is 1. The minimum absolute atomic E-state index is 0.141. The molecule has 0 spiro atoms. The number of anilines is 8. The van der Waals surface area contributed by atoms with E-state index in [2.05, 4.69) is 39.9 Å². The van der Waals surface area contributed by atoms with Gasteiger partial charge in [-0.2, -0.15) is 0 Å². The first-order valence-corrected chi connectivity index (χ1v) is 45.5. The smallest absolute Gasteiger partial charge is 0.328 e. The molecule has 0 aromatic heterocycles. The zero-order chi connectivity index (χ0) is 92.1. The van der Waals surface area contributed by atoms with E-state index in [0.29, 0.717) is 110 Å². The minimum Gasteiger partial charge on any atom is -0.862 e. The molecule has 1 aliphatic carbocycles. The first-order chi connectivity index (χ1) is 64.3. The molecule has 0 bridgehead atoms. The molecule has 12 aromatic carbocycles. The van der Waals surface area contributed by atoms with Gasteiger partial charge in [0.05, 0.1) is 39.3 Å². The van der Waals surface area contributed by atoms with Crippen LogP contribution in [0.5, 0.6) is 0 Å². The Hall–Kier alpha value is -15.2. The van der Waals surface area contributed by atoms with E-state index in [0.717, 1.165) is 167 Å². The van der Waals surface area contributed by atoms with E-state index in [1.807, 2.05) is 54.6 Å². The molecule has 9 aliphatic rings. The molecule has 3 atom stereocenters. The predicted octanol–water partition coefficient (Wildman–Crippen LogP) is 10.7. The van der Waals surface area contributed by atoms with Crippen molar-refractivity contribution >= 4 is 226 Å². The number of imide groups is 4. The van der Waals surface area contributed by atoms with Gasteiger partial charge in [0.2, 0.25) is 17.7 Å². The molecule has 133 heavy (non-hydrogen) atoms. The SMILES string of the molecule is O=C([O-])CC[C@H](N=C(O)[C@H](CCC(=O)[O-])N=C(O)[C@H](CCC(=O)[O-])N=C([O-])CCC(=O)Nc1ccc(N2C(=O)c3ccc4c5c(N6CCCC6)cc6c7c(ccc(c8c(N9CCCC9)cc(c3c48)C2=O)c75)C(=O)N(c2ccc(N3C(=O)c4ccc5c7c(N8CCCC8)cc8c9c(ccc(c%10c(N%11CCCC%11)cc(c4c5%10)C3=O)c97)C(=O)N(C3CCCCC3)C8=O)cc2)C6=O)cc1)C(=O)O. The number of aliphatic hydroxyl groups is 2. The highest BCUT2D eigenvalue weighted by Gasteiger charge is 2.46. The maximum Gasteiger partial charge on any atom is 0.328 e. The quantitative estimate of drug-likeness (QED) is 0.0122. The van der Waals surface area contributed by atoms with Crippen molar-refractivity contribution in [1.29, 1.82) is 0 Å². The number of hydrogen-bond acceptors (Lipinski definition) is 24. The summed E-state index contributed by atoms with van der Waals surface area (Å²) in [4.78, 5) is 209. The van der Waals surface area contributed by atoms with Gasteiger partial charge in [0, 0.05) is 198 Å². The van der Waals surface area contributed by atoms with E-state index in [9.17, 15) is 64.5 Å². The van der Waals surface area contributed by atoms with Crippen molar-refractivity contribution in [2.75, 3.05) is 92.0 Å². The molecule has 32 nitrogen and oxygen atoms in total. The third-order valence-corrected chi connectivity index (χ3v) is 28.3. The van der Waals surface area contributed by atoms with Gasteiger partial charge in [-0.05, 0) is 234 Å². The molecule has 4 N–H and O–H groups in total. The van der Waals surface area contributed by atoms with Crippen molar-refractivity contribution in [1.82, 2.24) is 4.90 Å². The number of carboxylic acid groups (broad SMARTS) is 4. The molecule has 21 rings (SSSR count). The lowest BCUT2D eigenvalue weighted by Crippen LogP contribution is -2.47. The number of rotatable bonds is 27. The molecular formula is C101H86N12O20-4. The molecule has 12 aromatic rings. The minimum atomic E-state index is -1.89. The van der Waals surface area contributed by atoms with Crippen LogP contribution in [-0.2, 0) is 24.0 Å². The summed E-state index contributed by atoms with van der Waals surface area (Å²) in [5, 5.41) is 92.6. The first kappa shape index (κ1) is 84.6. The van der Waals surface area contributed by atoms with Crippen LogP contribution < -0.4 is 60.0 Å². The second kappa shape index (κ2) is 33.0. The number of carboxylic acids is 4. The average molecular weight is 1790 g/mol. The van der Waals surface area contributed by atoms with E-state index >= 15 is 33.6 Å². The number of aliphatic hydroxyl groups excluding tert-OH is 2. The fraction of sp³-hybridized carbons (Fsp3) is 0.327. The third-order valence-electron chi connectivity index (χ3n) is 28.3. The van der Waals surface area contributed by atoms with Crippen LogP contribution in [0, 0.1) is 0 Å². The number of benzene rings is 12. The average Bonchev–Trinajstić information content (AvgIpc) is 1.24. The number of aliphatic imine (C=N–C) groups is 3. The van der Waals surface area contributed by atoms with Crippen LogP contribution in [0.15, 0.2) is 136 Å². The summed E-state index contributed by atoms with van der Waals surface area (Å²) in [6.45, 7) is 5.43. The van der Waals surface area contributed by atoms with Crippen LogP contribution in [-0.4, -0.2) is 191 Å². The topological polar surface area (TPSA) is 450 Å². The Morgan fingerprint density at radius 1 is 0.323 bits per heavy atom. The lowest BCUT2D eigenvalue weighted by molar-refractivity contribution is -0.307. The number of nitrogens with zero attached hydrogens (tertiary/aromatic N) is 11. The molecule has 32 heteroatoms. The summed E-state index contributed by atoms with van der Waals surface area (Å²) in [7, 11) is 0. The van der Waals surface area contributed by atoms with Crippen LogP contribution in [0.4, 0.5) is 45.5 Å². The number of carbonyl (C=O) groups is 13. The number of amides is 9. The van der Waals surface area contributed by atoms with Crippen molar-refractivity contribution in [2.45, 2.75) is 159 Å². The molecule has 0 radical (unpaired) electrons. The summed E-state index contributed by atoms with van der Waals surface area (Å²) in [5.74, 6) is -14.9. The molecule has 0 unspecified atom stereocenters. The second-order valence-electron chi connectivity index (χ2n) is 36.0. The molecule has 1 saturated carbocycles. The van der Waals surface area contributed by atoms with Crippen LogP contribution in [0.25, 0.3) is 86.2 Å². The van der Waals surface area contributed by atoms with Gasteiger partial charge in [-0.25, -0.2) is 29.5 Å². The summed E-state index contributed by atoms with van der Waals surface area (Å²) in [5.41, 5.74) is 6.45. The van der Waals surface area contributed by atoms with Crippen molar-refractivity contribution in [2.24, 2.45) is 15.0 Å². The summed E-state index contributed by atoms with van der Waals surface area (Å²) in [6.07, 6.45) is 5.95. The Morgan fingerprint density at radius 2 is 0.617 bits per heavy atom. The van der Waals surface area contributed by atoms with Crippen molar-refractivity contribution in [3.8, 4) is 0 Å². The Balaban J connectivity index is 0.583. The Bertz CT molecular complexity index is 7260. The summed E-state index contributed by atoms with van der Waals surface area (Å²) in [6, 6.07) is 28.9. The number of aliphatic carboxylic acids is 4. The fourth-order valence-corrected chi connectivity index (χ4v) is 22.2. The zero-order valence-electron chi connectivity index (χ0n) is 72.1. The van der Waals surface area contributed by atoms with E-state index < -0.39 is 152 Å². The number of hydrogen-bond donors (Lipinski definition) is 4. The van der Waals surface area contributed by atoms with E-state index in [1.165, 1.54) is 34.1 Å². The molecule has 9 amide bonds. The largest absolute Gasteiger partial charge is 0.862 e. The molecular weight excluding hydrogens is 1700 g/mol. The molecule has 5 fully saturated rings. The Labute approximate surface area is 757 Å². The normalized spacial score (nSPS) is 18.2. The monoisotopic (exact) mass is 1790 g/mol. The zero-order valence-corrected chi connectivity index (χ0v) is 72.1.